The molecule has 10 nitrogen and oxygen atoms in total. The van der Waals surface area contributed by atoms with Crippen LogP contribution in [0.5, 0.6) is 0 Å². The maximum atomic E-state index is 13.1. The van der Waals surface area contributed by atoms with Crippen molar-refractivity contribution >= 4 is 46.7 Å². The topological polar surface area (TPSA) is 136 Å². The monoisotopic (exact) mass is 449 g/mol. The molecule has 160 valence electrons. The van der Waals surface area contributed by atoms with E-state index in [9.17, 15) is 33.7 Å². The Hall–Kier alpha value is -3.86. The van der Waals surface area contributed by atoms with Gasteiger partial charge in [-0.2, -0.15) is 0 Å². The van der Waals surface area contributed by atoms with E-state index in [-0.39, 0.29) is 16.3 Å². The average Bonchev–Trinajstić information content (AvgIpc) is 2.94. The number of hydrogen-bond acceptors (Lipinski definition) is 7. The molecule has 12 heteroatoms. The van der Waals surface area contributed by atoms with E-state index in [0.717, 1.165) is 18.2 Å². The number of carbonyl (C=O) groups is 4. The number of halogens is 2. The van der Waals surface area contributed by atoms with Gasteiger partial charge in [0.2, 0.25) is 0 Å². The number of nitrogens with zero attached hydrogens (tertiary/aromatic N) is 2. The summed E-state index contributed by atoms with van der Waals surface area (Å²) in [4.78, 5) is 60.0. The number of ether oxygens (including phenoxy) is 1. The third-order valence-corrected chi connectivity index (χ3v) is 4.64. The zero-order valence-corrected chi connectivity index (χ0v) is 16.5. The molecule has 0 saturated carbocycles. The van der Waals surface area contributed by atoms with E-state index in [2.05, 4.69) is 5.32 Å². The summed E-state index contributed by atoms with van der Waals surface area (Å²) in [5.74, 6) is -4.40. The van der Waals surface area contributed by atoms with Gasteiger partial charge in [0, 0.05) is 6.07 Å². The molecule has 2 aromatic rings. The molecule has 0 saturated heterocycles. The minimum atomic E-state index is -1.35. The fourth-order valence-corrected chi connectivity index (χ4v) is 3.07. The van der Waals surface area contributed by atoms with Crippen LogP contribution < -0.4 is 5.32 Å². The number of esters is 1. The first kappa shape index (κ1) is 21.8. The van der Waals surface area contributed by atoms with E-state index in [1.165, 1.54) is 25.1 Å². The molecule has 31 heavy (non-hydrogen) atoms. The van der Waals surface area contributed by atoms with Crippen LogP contribution in [0.4, 0.5) is 15.8 Å². The van der Waals surface area contributed by atoms with Crippen molar-refractivity contribution in [3.8, 4) is 0 Å². The first-order valence-corrected chi connectivity index (χ1v) is 9.07. The Labute approximate surface area is 178 Å². The second-order valence-corrected chi connectivity index (χ2v) is 6.81. The molecule has 1 heterocycles. The van der Waals surface area contributed by atoms with Gasteiger partial charge in [-0.1, -0.05) is 17.7 Å². The van der Waals surface area contributed by atoms with Gasteiger partial charge in [-0.05, 0) is 31.2 Å². The lowest BCUT2D eigenvalue weighted by Gasteiger charge is -2.17. The normalized spacial score (nSPS) is 13.6. The van der Waals surface area contributed by atoms with Crippen molar-refractivity contribution in [2.24, 2.45) is 0 Å². The standard InChI is InChI=1S/C19H13ClFN3O7/c1-9(17(26)22-13-6-5-10(21)7-12(13)20)31-15(25)8-23-18(27)11-3-2-4-14(24(29)30)16(11)19(23)28/h2-7,9H,8H2,1H3,(H,22,26)/t9-/m0/s1. The summed E-state index contributed by atoms with van der Waals surface area (Å²) < 4.78 is 18.0. The highest BCUT2D eigenvalue weighted by atomic mass is 35.5. The van der Waals surface area contributed by atoms with Gasteiger partial charge in [-0.3, -0.25) is 34.2 Å². The number of imide groups is 1. The number of hydrogen-bond donors (Lipinski definition) is 1. The number of fused-ring (bicyclic) bond motifs is 1. The van der Waals surface area contributed by atoms with Crippen molar-refractivity contribution in [1.29, 1.82) is 0 Å². The van der Waals surface area contributed by atoms with Crippen molar-refractivity contribution in [1.82, 2.24) is 4.90 Å². The zero-order valence-electron chi connectivity index (χ0n) is 15.8. The van der Waals surface area contributed by atoms with Crippen molar-refractivity contribution in [2.45, 2.75) is 13.0 Å². The number of nitro benzene ring substituents is 1. The second kappa shape index (κ2) is 8.48. The first-order valence-electron chi connectivity index (χ1n) is 8.69. The van der Waals surface area contributed by atoms with Gasteiger partial charge in [0.1, 0.15) is 17.9 Å². The number of nitrogens with one attached hydrogen (secondary N) is 1. The minimum Gasteiger partial charge on any atom is -0.451 e. The molecular formula is C19H13ClFN3O7. The van der Waals surface area contributed by atoms with E-state index in [4.69, 9.17) is 16.3 Å². The molecule has 2 aromatic carbocycles. The van der Waals surface area contributed by atoms with Gasteiger partial charge in [-0.25, -0.2) is 4.39 Å². The summed E-state index contributed by atoms with van der Waals surface area (Å²) in [6.45, 7) is 0.385. The highest BCUT2D eigenvalue weighted by Crippen LogP contribution is 2.30. The van der Waals surface area contributed by atoms with E-state index in [1.54, 1.807) is 0 Å². The molecule has 1 aliphatic rings. The van der Waals surface area contributed by atoms with E-state index < -0.39 is 58.3 Å². The predicted octanol–water partition coefficient (Wildman–Crippen LogP) is 2.55. The molecule has 0 radical (unpaired) electrons. The largest absolute Gasteiger partial charge is 0.451 e. The van der Waals surface area contributed by atoms with E-state index in [1.807, 2.05) is 0 Å². The number of carbonyl (C=O) groups excluding carboxylic acids is 4. The van der Waals surface area contributed by atoms with Gasteiger partial charge in [0.15, 0.2) is 6.10 Å². The molecular weight excluding hydrogens is 437 g/mol. The maximum Gasteiger partial charge on any atom is 0.326 e. The summed E-state index contributed by atoms with van der Waals surface area (Å²) in [6, 6.07) is 6.82. The lowest BCUT2D eigenvalue weighted by atomic mass is 10.1. The Morgan fingerprint density at radius 1 is 1.26 bits per heavy atom. The van der Waals surface area contributed by atoms with Crippen LogP contribution in [0.25, 0.3) is 0 Å². The number of anilines is 1. The van der Waals surface area contributed by atoms with Crippen molar-refractivity contribution < 1.29 is 33.2 Å². The summed E-state index contributed by atoms with van der Waals surface area (Å²) in [5.41, 5.74) is -1.09. The lowest BCUT2D eigenvalue weighted by Crippen LogP contribution is -2.38. The molecule has 0 aromatic heterocycles. The quantitative estimate of drug-likeness (QED) is 0.309. The number of amides is 3. The maximum absolute atomic E-state index is 13.1. The Morgan fingerprint density at radius 3 is 2.61 bits per heavy atom. The molecule has 3 rings (SSSR count). The summed E-state index contributed by atoms with van der Waals surface area (Å²) in [5, 5.41) is 13.4. The van der Waals surface area contributed by atoms with Gasteiger partial charge in [-0.15, -0.1) is 0 Å². The van der Waals surface area contributed by atoms with Crippen LogP contribution in [0.15, 0.2) is 36.4 Å². The van der Waals surface area contributed by atoms with Crippen molar-refractivity contribution in [3.05, 3.63) is 68.5 Å². The van der Waals surface area contributed by atoms with E-state index >= 15 is 0 Å². The Morgan fingerprint density at radius 2 is 1.97 bits per heavy atom. The van der Waals surface area contributed by atoms with Gasteiger partial charge in [0.25, 0.3) is 23.4 Å². The van der Waals surface area contributed by atoms with Gasteiger partial charge in [0.05, 0.1) is 21.2 Å². The fraction of sp³-hybridized carbons (Fsp3) is 0.158. The van der Waals surface area contributed by atoms with Gasteiger partial charge >= 0.3 is 5.97 Å². The van der Waals surface area contributed by atoms with Crippen LogP contribution in [0, 0.1) is 15.9 Å². The van der Waals surface area contributed by atoms with Crippen LogP contribution in [0.2, 0.25) is 5.02 Å². The minimum absolute atomic E-state index is 0.0699. The van der Waals surface area contributed by atoms with Crippen LogP contribution in [-0.4, -0.2) is 46.2 Å². The molecule has 0 aliphatic carbocycles. The number of rotatable bonds is 6. The van der Waals surface area contributed by atoms with Crippen LogP contribution in [0.3, 0.4) is 0 Å². The van der Waals surface area contributed by atoms with Crippen molar-refractivity contribution in [2.75, 3.05) is 11.9 Å². The molecule has 3 amide bonds. The average molecular weight is 450 g/mol. The number of benzene rings is 2. The Kier molecular flexibility index (Phi) is 5.97. The summed E-state index contributed by atoms with van der Waals surface area (Å²) in [7, 11) is 0. The van der Waals surface area contributed by atoms with Crippen LogP contribution >= 0.6 is 11.6 Å². The smallest absolute Gasteiger partial charge is 0.326 e. The molecule has 1 N–H and O–H groups in total. The molecule has 0 bridgehead atoms. The summed E-state index contributed by atoms with van der Waals surface area (Å²) in [6.07, 6.45) is -1.35. The highest BCUT2D eigenvalue weighted by Gasteiger charge is 2.42. The molecule has 0 unspecified atom stereocenters. The highest BCUT2D eigenvalue weighted by molar-refractivity contribution is 6.33. The number of nitro groups is 1. The third-order valence-electron chi connectivity index (χ3n) is 4.33. The van der Waals surface area contributed by atoms with Crippen LogP contribution in [-0.2, 0) is 14.3 Å². The molecule has 0 fully saturated rings. The predicted molar refractivity (Wildman–Crippen MR) is 104 cm³/mol. The first-order chi connectivity index (χ1) is 14.6. The zero-order chi connectivity index (χ0) is 22.9. The van der Waals surface area contributed by atoms with Gasteiger partial charge < -0.3 is 10.1 Å². The third kappa shape index (κ3) is 4.36. The van der Waals surface area contributed by atoms with Crippen LogP contribution in [0.1, 0.15) is 27.6 Å². The SMILES string of the molecule is C[C@H](OC(=O)CN1C(=O)c2cccc([N+](=O)[O-])c2C1=O)C(=O)Nc1ccc(F)cc1Cl. The Bertz CT molecular complexity index is 1140. The molecule has 1 atom stereocenters. The molecule has 1 aliphatic heterocycles. The Balaban J connectivity index is 1.66. The lowest BCUT2D eigenvalue weighted by molar-refractivity contribution is -0.385. The second-order valence-electron chi connectivity index (χ2n) is 6.40. The fourth-order valence-electron chi connectivity index (χ4n) is 2.85. The molecule has 0 spiro atoms. The van der Waals surface area contributed by atoms with Crippen molar-refractivity contribution in [3.63, 3.8) is 0 Å². The summed E-state index contributed by atoms with van der Waals surface area (Å²) >= 11 is 5.82. The van der Waals surface area contributed by atoms with E-state index in [0.29, 0.717) is 4.90 Å².